The summed E-state index contributed by atoms with van der Waals surface area (Å²) in [5, 5.41) is 9.25. The maximum absolute atomic E-state index is 11.3. The lowest BCUT2D eigenvalue weighted by molar-refractivity contribution is -0.159. The number of hydrogen-bond acceptors (Lipinski definition) is 3. The van der Waals surface area contributed by atoms with Crippen LogP contribution in [0.2, 0.25) is 0 Å². The van der Waals surface area contributed by atoms with Crippen molar-refractivity contribution >= 4 is 5.97 Å². The zero-order valence-corrected chi connectivity index (χ0v) is 9.99. The second kappa shape index (κ2) is 4.00. The maximum atomic E-state index is 11.3. The summed E-state index contributed by atoms with van der Waals surface area (Å²) in [5.41, 5.74) is -0.866. The van der Waals surface area contributed by atoms with Crippen LogP contribution in [0.3, 0.4) is 0 Å². The Bertz CT molecular complexity index is 279. The van der Waals surface area contributed by atoms with E-state index in [1.54, 1.807) is 0 Å². The first kappa shape index (κ1) is 11.9. The number of ether oxygens (including phenoxy) is 2. The van der Waals surface area contributed by atoms with Crippen molar-refractivity contribution in [1.29, 1.82) is 0 Å². The minimum Gasteiger partial charge on any atom is -0.481 e. The van der Waals surface area contributed by atoms with Crippen LogP contribution in [0.15, 0.2) is 0 Å². The van der Waals surface area contributed by atoms with E-state index in [0.29, 0.717) is 13.2 Å². The molecule has 16 heavy (non-hydrogen) atoms. The summed E-state index contributed by atoms with van der Waals surface area (Å²) in [4.78, 5) is 11.3. The first-order valence-electron chi connectivity index (χ1n) is 5.91. The van der Waals surface area contributed by atoms with Crippen LogP contribution in [0.1, 0.15) is 33.1 Å². The van der Waals surface area contributed by atoms with Crippen LogP contribution in [-0.4, -0.2) is 36.5 Å². The van der Waals surface area contributed by atoms with Crippen molar-refractivity contribution in [2.75, 3.05) is 19.8 Å². The molecule has 2 saturated heterocycles. The summed E-state index contributed by atoms with van der Waals surface area (Å²) in [6, 6.07) is 0. The Morgan fingerprint density at radius 3 is 2.75 bits per heavy atom. The summed E-state index contributed by atoms with van der Waals surface area (Å²) < 4.78 is 11.2. The Morgan fingerprint density at radius 1 is 1.44 bits per heavy atom. The van der Waals surface area contributed by atoms with Crippen molar-refractivity contribution < 1.29 is 19.4 Å². The summed E-state index contributed by atoms with van der Waals surface area (Å²) >= 11 is 0. The Morgan fingerprint density at radius 2 is 2.19 bits per heavy atom. The fourth-order valence-electron chi connectivity index (χ4n) is 2.68. The van der Waals surface area contributed by atoms with E-state index in [9.17, 15) is 9.90 Å². The zero-order valence-electron chi connectivity index (χ0n) is 9.99. The average molecular weight is 228 g/mol. The lowest BCUT2D eigenvalue weighted by Crippen LogP contribution is -2.46. The molecular formula is C12H20O4. The van der Waals surface area contributed by atoms with Crippen molar-refractivity contribution in [3.8, 4) is 0 Å². The lowest BCUT2D eigenvalue weighted by atomic mass is 9.70. The molecule has 0 aromatic rings. The number of carboxylic acids is 1. The van der Waals surface area contributed by atoms with Crippen LogP contribution < -0.4 is 0 Å². The highest BCUT2D eigenvalue weighted by Gasteiger charge is 2.47. The largest absolute Gasteiger partial charge is 0.481 e. The third-order valence-electron chi connectivity index (χ3n) is 4.13. The van der Waals surface area contributed by atoms with Gasteiger partial charge < -0.3 is 14.6 Å². The third kappa shape index (κ3) is 1.96. The van der Waals surface area contributed by atoms with Crippen LogP contribution in [-0.2, 0) is 14.3 Å². The van der Waals surface area contributed by atoms with Gasteiger partial charge in [0.1, 0.15) is 0 Å². The molecule has 0 radical (unpaired) electrons. The summed E-state index contributed by atoms with van der Waals surface area (Å²) in [6.07, 6.45) is 2.55. The first-order chi connectivity index (χ1) is 7.46. The van der Waals surface area contributed by atoms with Gasteiger partial charge in [0, 0.05) is 19.6 Å². The van der Waals surface area contributed by atoms with Gasteiger partial charge in [0.05, 0.1) is 17.6 Å². The van der Waals surface area contributed by atoms with Crippen molar-refractivity contribution in [3.63, 3.8) is 0 Å². The molecule has 2 rings (SSSR count). The van der Waals surface area contributed by atoms with E-state index >= 15 is 0 Å². The molecule has 0 amide bonds. The van der Waals surface area contributed by atoms with E-state index in [2.05, 4.69) is 0 Å². The average Bonchev–Trinajstić information content (AvgIpc) is 2.66. The monoisotopic (exact) mass is 228 g/mol. The second-order valence-corrected chi connectivity index (χ2v) is 5.55. The summed E-state index contributed by atoms with van der Waals surface area (Å²) in [5.74, 6) is -0.533. The lowest BCUT2D eigenvalue weighted by Gasteiger charge is -2.42. The van der Waals surface area contributed by atoms with Gasteiger partial charge in [0.15, 0.2) is 0 Å². The predicted molar refractivity (Wildman–Crippen MR) is 58.3 cm³/mol. The SMILES string of the molecule is CC(C)(C(=O)O)C1CCOC2(CCOC2)C1. The van der Waals surface area contributed by atoms with Crippen LogP contribution in [0.25, 0.3) is 0 Å². The van der Waals surface area contributed by atoms with Crippen LogP contribution in [0, 0.1) is 11.3 Å². The normalized spacial score (nSPS) is 35.5. The van der Waals surface area contributed by atoms with Crippen LogP contribution >= 0.6 is 0 Å². The highest BCUT2D eigenvalue weighted by Crippen LogP contribution is 2.43. The van der Waals surface area contributed by atoms with E-state index in [1.807, 2.05) is 13.8 Å². The van der Waals surface area contributed by atoms with E-state index in [-0.39, 0.29) is 11.5 Å². The van der Waals surface area contributed by atoms with E-state index in [1.165, 1.54) is 0 Å². The van der Waals surface area contributed by atoms with Crippen molar-refractivity contribution in [2.45, 2.75) is 38.7 Å². The topological polar surface area (TPSA) is 55.8 Å². The fraction of sp³-hybridized carbons (Fsp3) is 0.917. The first-order valence-corrected chi connectivity index (χ1v) is 5.91. The van der Waals surface area contributed by atoms with Crippen LogP contribution in [0.5, 0.6) is 0 Å². The van der Waals surface area contributed by atoms with Gasteiger partial charge in [0.25, 0.3) is 0 Å². The quantitative estimate of drug-likeness (QED) is 0.781. The summed E-state index contributed by atoms with van der Waals surface area (Å²) in [6.45, 7) is 5.65. The molecule has 0 saturated carbocycles. The molecule has 1 N–H and O–H groups in total. The second-order valence-electron chi connectivity index (χ2n) is 5.55. The number of rotatable bonds is 2. The van der Waals surface area contributed by atoms with Gasteiger partial charge in [0.2, 0.25) is 0 Å². The van der Waals surface area contributed by atoms with Crippen molar-refractivity contribution in [3.05, 3.63) is 0 Å². The van der Waals surface area contributed by atoms with Gasteiger partial charge in [-0.05, 0) is 32.6 Å². The molecule has 2 heterocycles. The Hall–Kier alpha value is -0.610. The number of hydrogen-bond donors (Lipinski definition) is 1. The summed E-state index contributed by atoms with van der Waals surface area (Å²) in [7, 11) is 0. The molecule has 0 aromatic heterocycles. The van der Waals surface area contributed by atoms with Gasteiger partial charge in [-0.15, -0.1) is 0 Å². The zero-order chi connectivity index (χ0) is 11.8. The Balaban J connectivity index is 2.09. The minimum absolute atomic E-state index is 0.181. The van der Waals surface area contributed by atoms with E-state index in [4.69, 9.17) is 9.47 Å². The minimum atomic E-state index is -0.714. The van der Waals surface area contributed by atoms with Gasteiger partial charge in [-0.25, -0.2) is 0 Å². The van der Waals surface area contributed by atoms with Gasteiger partial charge in [-0.2, -0.15) is 0 Å². The molecule has 0 bridgehead atoms. The van der Waals surface area contributed by atoms with E-state index < -0.39 is 11.4 Å². The molecular weight excluding hydrogens is 208 g/mol. The standard InChI is InChI=1S/C12H20O4/c1-11(2,10(13)14)9-3-5-16-12(7-9)4-6-15-8-12/h9H,3-8H2,1-2H3,(H,13,14). The molecule has 0 aromatic carbocycles. The van der Waals surface area contributed by atoms with Gasteiger partial charge in [-0.3, -0.25) is 4.79 Å². The number of aliphatic carboxylic acids is 1. The maximum Gasteiger partial charge on any atom is 0.309 e. The molecule has 2 atom stereocenters. The van der Waals surface area contributed by atoms with E-state index in [0.717, 1.165) is 25.9 Å². The molecule has 4 heteroatoms. The molecule has 4 nitrogen and oxygen atoms in total. The number of carbonyl (C=O) groups is 1. The fourth-order valence-corrected chi connectivity index (χ4v) is 2.68. The van der Waals surface area contributed by atoms with Crippen molar-refractivity contribution in [2.24, 2.45) is 11.3 Å². The van der Waals surface area contributed by atoms with Gasteiger partial charge in [-0.1, -0.05) is 0 Å². The molecule has 2 aliphatic heterocycles. The molecule has 92 valence electrons. The smallest absolute Gasteiger partial charge is 0.309 e. The highest BCUT2D eigenvalue weighted by atomic mass is 16.6. The third-order valence-corrected chi connectivity index (χ3v) is 4.13. The molecule has 2 fully saturated rings. The highest BCUT2D eigenvalue weighted by molar-refractivity contribution is 5.74. The Labute approximate surface area is 95.9 Å². The Kier molecular flexibility index (Phi) is 2.97. The van der Waals surface area contributed by atoms with Gasteiger partial charge >= 0.3 is 5.97 Å². The molecule has 2 aliphatic rings. The molecule has 2 unspecified atom stereocenters. The van der Waals surface area contributed by atoms with Crippen LogP contribution in [0.4, 0.5) is 0 Å². The van der Waals surface area contributed by atoms with Crippen molar-refractivity contribution in [1.82, 2.24) is 0 Å². The molecule has 0 aliphatic carbocycles. The number of carboxylic acid groups (broad SMARTS) is 1. The molecule has 1 spiro atoms. The predicted octanol–water partition coefficient (Wildman–Crippen LogP) is 1.68.